The lowest BCUT2D eigenvalue weighted by Gasteiger charge is -2.11. The van der Waals surface area contributed by atoms with E-state index >= 15 is 0 Å². The zero-order chi connectivity index (χ0) is 19.6. The van der Waals surface area contributed by atoms with Crippen molar-refractivity contribution in [3.05, 3.63) is 66.1 Å². The monoisotopic (exact) mass is 380 g/mol. The smallest absolute Gasteiger partial charge is 0.229 e. The average molecular weight is 380 g/mol. The van der Waals surface area contributed by atoms with Gasteiger partial charge in [-0.25, -0.2) is 4.98 Å². The van der Waals surface area contributed by atoms with Gasteiger partial charge in [-0.2, -0.15) is 5.26 Å². The molecule has 0 unspecified atom stereocenters. The zero-order valence-electron chi connectivity index (χ0n) is 15.9. The zero-order valence-corrected chi connectivity index (χ0v) is 15.9. The summed E-state index contributed by atoms with van der Waals surface area (Å²) >= 11 is 0. The van der Waals surface area contributed by atoms with E-state index in [4.69, 9.17) is 0 Å². The second-order valence-corrected chi connectivity index (χ2v) is 8.80. The van der Waals surface area contributed by atoms with Crippen molar-refractivity contribution in [2.75, 3.05) is 5.32 Å². The van der Waals surface area contributed by atoms with Crippen LogP contribution in [-0.4, -0.2) is 15.9 Å². The Morgan fingerprint density at radius 2 is 2.03 bits per heavy atom. The molecule has 3 aliphatic rings. The number of nitrogens with one attached hydrogen (secondary N) is 1. The van der Waals surface area contributed by atoms with Gasteiger partial charge in [-0.15, -0.1) is 0 Å². The molecule has 3 aromatic rings. The highest BCUT2D eigenvalue weighted by Crippen LogP contribution is 2.78. The minimum absolute atomic E-state index is 0.00345. The van der Waals surface area contributed by atoms with Crippen LogP contribution < -0.4 is 5.32 Å². The van der Waals surface area contributed by atoms with Gasteiger partial charge < -0.3 is 5.32 Å². The van der Waals surface area contributed by atoms with Gasteiger partial charge in [-0.1, -0.05) is 18.2 Å². The number of aromatic nitrogens is 2. The van der Waals surface area contributed by atoms with Crippen molar-refractivity contribution in [3.8, 4) is 6.07 Å². The molecule has 2 heterocycles. The van der Waals surface area contributed by atoms with Gasteiger partial charge in [0.1, 0.15) is 5.82 Å². The molecule has 29 heavy (non-hydrogen) atoms. The predicted octanol–water partition coefficient (Wildman–Crippen LogP) is 4.32. The number of anilines is 1. The van der Waals surface area contributed by atoms with Crippen molar-refractivity contribution in [2.24, 2.45) is 11.3 Å². The van der Waals surface area contributed by atoms with Gasteiger partial charge in [0.15, 0.2) is 0 Å². The molecule has 1 amide bonds. The Morgan fingerprint density at radius 1 is 1.14 bits per heavy atom. The van der Waals surface area contributed by atoms with Crippen LogP contribution in [0.3, 0.4) is 0 Å². The van der Waals surface area contributed by atoms with E-state index < -0.39 is 0 Å². The van der Waals surface area contributed by atoms with Crippen molar-refractivity contribution >= 4 is 22.5 Å². The van der Waals surface area contributed by atoms with Crippen LogP contribution in [0.2, 0.25) is 0 Å². The fourth-order valence-corrected chi connectivity index (χ4v) is 4.95. The maximum Gasteiger partial charge on any atom is 0.229 e. The van der Waals surface area contributed by atoms with Crippen molar-refractivity contribution in [1.82, 2.24) is 9.97 Å². The van der Waals surface area contributed by atoms with Gasteiger partial charge in [0.25, 0.3) is 0 Å². The number of nitriles is 1. The molecule has 0 radical (unpaired) electrons. The fourth-order valence-electron chi connectivity index (χ4n) is 4.95. The summed E-state index contributed by atoms with van der Waals surface area (Å²) in [6.45, 7) is 0. The second kappa shape index (κ2) is 5.64. The summed E-state index contributed by atoms with van der Waals surface area (Å²) in [6.07, 6.45) is 7.69. The number of pyridine rings is 2. The van der Waals surface area contributed by atoms with Crippen molar-refractivity contribution in [3.63, 3.8) is 0 Å². The molecule has 0 aliphatic heterocycles. The Balaban J connectivity index is 1.23. The minimum Gasteiger partial charge on any atom is -0.310 e. The highest BCUT2D eigenvalue weighted by Gasteiger charge is 2.75. The number of hydrogen-bond donors (Lipinski definition) is 1. The Bertz CT molecular complexity index is 1190. The van der Waals surface area contributed by atoms with Crippen LogP contribution >= 0.6 is 0 Å². The maximum absolute atomic E-state index is 12.6. The lowest BCUT2D eigenvalue weighted by molar-refractivity contribution is -0.117. The molecular formula is C24H20N4O. The summed E-state index contributed by atoms with van der Waals surface area (Å²) in [5, 5.41) is 14.8. The molecule has 6 rings (SSSR count). The first-order chi connectivity index (χ1) is 14.1. The van der Waals surface area contributed by atoms with Crippen LogP contribution in [0.4, 0.5) is 5.82 Å². The molecular weight excluding hydrogens is 360 g/mol. The van der Waals surface area contributed by atoms with E-state index in [9.17, 15) is 10.1 Å². The topological polar surface area (TPSA) is 78.7 Å². The van der Waals surface area contributed by atoms with Gasteiger partial charge in [-0.3, -0.25) is 9.78 Å². The summed E-state index contributed by atoms with van der Waals surface area (Å²) in [4.78, 5) is 21.4. The first-order valence-corrected chi connectivity index (χ1v) is 10.2. The van der Waals surface area contributed by atoms with Crippen molar-refractivity contribution in [2.45, 2.75) is 37.0 Å². The van der Waals surface area contributed by atoms with Gasteiger partial charge in [0, 0.05) is 35.3 Å². The number of carbonyl (C=O) groups is 1. The number of benzene rings is 1. The van der Waals surface area contributed by atoms with Gasteiger partial charge in [0.05, 0.1) is 11.5 Å². The molecule has 3 atom stereocenters. The molecule has 3 fully saturated rings. The van der Waals surface area contributed by atoms with Gasteiger partial charge >= 0.3 is 0 Å². The molecule has 5 heteroatoms. The minimum atomic E-state index is -0.308. The number of fused-ring (bicyclic) bond motifs is 1. The van der Waals surface area contributed by atoms with Crippen LogP contribution in [0.25, 0.3) is 10.8 Å². The summed E-state index contributed by atoms with van der Waals surface area (Å²) in [5.74, 6) is 0.714. The Kier molecular flexibility index (Phi) is 3.24. The summed E-state index contributed by atoms with van der Waals surface area (Å²) in [6, 6.07) is 16.5. The molecule has 1 spiro atoms. The summed E-state index contributed by atoms with van der Waals surface area (Å²) < 4.78 is 0. The molecule has 0 saturated heterocycles. The van der Waals surface area contributed by atoms with E-state index in [2.05, 4.69) is 33.5 Å². The average Bonchev–Trinajstić information content (AvgIpc) is 3.66. The van der Waals surface area contributed by atoms with Gasteiger partial charge in [0.2, 0.25) is 5.91 Å². The Hall–Kier alpha value is -3.26. The van der Waals surface area contributed by atoms with E-state index in [-0.39, 0.29) is 28.6 Å². The third kappa shape index (κ3) is 2.49. The molecule has 2 aromatic heterocycles. The first-order valence-electron chi connectivity index (χ1n) is 10.2. The third-order valence-corrected chi connectivity index (χ3v) is 7.09. The number of nitrogens with zero attached hydrogens (tertiary/aromatic N) is 3. The molecule has 1 aromatic carbocycles. The van der Waals surface area contributed by atoms with E-state index in [1.165, 1.54) is 0 Å². The number of hydrogen-bond acceptors (Lipinski definition) is 4. The van der Waals surface area contributed by atoms with Crippen LogP contribution in [0.1, 0.15) is 42.9 Å². The summed E-state index contributed by atoms with van der Waals surface area (Å²) in [7, 11) is 0. The predicted molar refractivity (Wildman–Crippen MR) is 109 cm³/mol. The molecule has 142 valence electrons. The molecule has 1 N–H and O–H groups in total. The summed E-state index contributed by atoms with van der Waals surface area (Å²) in [5.41, 5.74) is 2.01. The quantitative estimate of drug-likeness (QED) is 0.731. The largest absolute Gasteiger partial charge is 0.310 e. The SMILES string of the molecule is N#C[C@@]1(c2ccc3cnc(NC(=O)[C@@H]4C[C@H]4c4ccccn4)cc3c2)CC12CC2. The third-order valence-electron chi connectivity index (χ3n) is 7.09. The second-order valence-electron chi connectivity index (χ2n) is 8.80. The number of carbonyl (C=O) groups excluding carboxylic acids is 1. The molecule has 0 bridgehead atoms. The van der Waals surface area contributed by atoms with Crippen molar-refractivity contribution < 1.29 is 4.79 Å². The van der Waals surface area contributed by atoms with E-state index in [1.54, 1.807) is 12.4 Å². The standard InChI is InChI=1S/C24H20N4O/c25-14-24(13-23(24)6-7-23)17-5-4-15-12-27-21(10-16(15)9-17)28-22(29)19-11-18(19)20-3-1-2-8-26-20/h1-5,8-10,12,18-19H,6-7,11,13H2,(H,27,28,29)/t18-,19-,24-/m1/s1. The Labute approximate surface area is 168 Å². The maximum atomic E-state index is 12.6. The van der Waals surface area contributed by atoms with Crippen LogP contribution in [0.15, 0.2) is 54.9 Å². The van der Waals surface area contributed by atoms with Crippen LogP contribution in [0, 0.1) is 22.7 Å². The highest BCUT2D eigenvalue weighted by molar-refractivity contribution is 5.96. The normalized spacial score (nSPS) is 28.0. The van der Waals surface area contributed by atoms with E-state index in [0.29, 0.717) is 5.82 Å². The lowest BCUT2D eigenvalue weighted by Crippen LogP contribution is -2.15. The van der Waals surface area contributed by atoms with E-state index in [1.807, 2.05) is 30.3 Å². The van der Waals surface area contributed by atoms with Crippen LogP contribution in [-0.2, 0) is 10.2 Å². The first kappa shape index (κ1) is 16.7. The van der Waals surface area contributed by atoms with Gasteiger partial charge in [-0.05, 0) is 66.3 Å². The van der Waals surface area contributed by atoms with E-state index in [0.717, 1.165) is 47.7 Å². The molecule has 3 saturated carbocycles. The molecule has 3 aliphatic carbocycles. The number of rotatable bonds is 4. The highest BCUT2D eigenvalue weighted by atomic mass is 16.2. The number of amides is 1. The molecule has 5 nitrogen and oxygen atoms in total. The lowest BCUT2D eigenvalue weighted by atomic mass is 9.92. The fraction of sp³-hybridized carbons (Fsp3) is 0.333. The Morgan fingerprint density at radius 3 is 2.76 bits per heavy atom. The van der Waals surface area contributed by atoms with Crippen molar-refractivity contribution in [1.29, 1.82) is 5.26 Å². The van der Waals surface area contributed by atoms with Crippen LogP contribution in [0.5, 0.6) is 0 Å².